The average Bonchev–Trinajstić information content (AvgIpc) is 2.66. The van der Waals surface area contributed by atoms with E-state index in [1.165, 1.54) is 6.07 Å². The minimum Gasteiger partial charge on any atom is -0.489 e. The third-order valence-electron chi connectivity index (χ3n) is 5.39. The van der Waals surface area contributed by atoms with Crippen LogP contribution in [0, 0.1) is 11.7 Å². The molecule has 2 aromatic rings. The van der Waals surface area contributed by atoms with Gasteiger partial charge >= 0.3 is 0 Å². The van der Waals surface area contributed by atoms with Crippen molar-refractivity contribution < 1.29 is 9.13 Å². The second-order valence-corrected chi connectivity index (χ2v) is 8.19. The predicted octanol–water partition coefficient (Wildman–Crippen LogP) is 4.72. The number of para-hydroxylation sites is 2. The van der Waals surface area contributed by atoms with Gasteiger partial charge in [-0.15, -0.1) is 0 Å². The van der Waals surface area contributed by atoms with Crippen LogP contribution in [-0.2, 0) is 6.42 Å². The Morgan fingerprint density at radius 3 is 2.81 bits per heavy atom. The summed E-state index contributed by atoms with van der Waals surface area (Å²) in [7, 11) is 0. The van der Waals surface area contributed by atoms with Crippen LogP contribution in [0.1, 0.15) is 18.4 Å². The van der Waals surface area contributed by atoms with Gasteiger partial charge in [-0.2, -0.15) is 0 Å². The third-order valence-corrected chi connectivity index (χ3v) is 6.16. The molecule has 0 aliphatic carbocycles. The van der Waals surface area contributed by atoms with E-state index in [1.54, 1.807) is 6.07 Å². The standard InChI is InChI=1S/C21H24BrFN2O/c22-19-6-5-17(23)12-16(19)11-15-7-9-25(10-8-15)13-18-14-26-21-4-2-1-3-20(21)24-18/h1-6,12,15,18,24H,7-11,13-14H2. The fourth-order valence-electron chi connectivity index (χ4n) is 3.96. The lowest BCUT2D eigenvalue weighted by Gasteiger charge is -2.36. The zero-order valence-electron chi connectivity index (χ0n) is 14.8. The van der Waals surface area contributed by atoms with Crippen molar-refractivity contribution in [2.75, 3.05) is 31.6 Å². The summed E-state index contributed by atoms with van der Waals surface area (Å²) in [6.07, 6.45) is 3.27. The summed E-state index contributed by atoms with van der Waals surface area (Å²) >= 11 is 3.55. The highest BCUT2D eigenvalue weighted by Crippen LogP contribution is 2.29. The number of rotatable bonds is 4. The number of anilines is 1. The van der Waals surface area contributed by atoms with Crippen LogP contribution in [0.4, 0.5) is 10.1 Å². The predicted molar refractivity (Wildman–Crippen MR) is 106 cm³/mol. The molecule has 0 amide bonds. The molecule has 0 radical (unpaired) electrons. The van der Waals surface area contributed by atoms with Crippen molar-refractivity contribution in [1.82, 2.24) is 4.90 Å². The van der Waals surface area contributed by atoms with Gasteiger partial charge in [0.15, 0.2) is 0 Å². The summed E-state index contributed by atoms with van der Waals surface area (Å²) in [6, 6.07) is 13.4. The molecule has 5 heteroatoms. The van der Waals surface area contributed by atoms with E-state index in [-0.39, 0.29) is 5.82 Å². The molecule has 2 heterocycles. The first-order chi connectivity index (χ1) is 12.7. The van der Waals surface area contributed by atoms with E-state index >= 15 is 0 Å². The highest BCUT2D eigenvalue weighted by atomic mass is 79.9. The Morgan fingerprint density at radius 1 is 1.15 bits per heavy atom. The van der Waals surface area contributed by atoms with Gasteiger partial charge in [-0.1, -0.05) is 28.1 Å². The number of likely N-dealkylation sites (tertiary alicyclic amines) is 1. The van der Waals surface area contributed by atoms with Crippen LogP contribution in [-0.4, -0.2) is 37.2 Å². The molecule has 1 atom stereocenters. The van der Waals surface area contributed by atoms with E-state index in [9.17, 15) is 4.39 Å². The first-order valence-electron chi connectivity index (χ1n) is 9.32. The second-order valence-electron chi connectivity index (χ2n) is 7.33. The molecule has 1 unspecified atom stereocenters. The maximum Gasteiger partial charge on any atom is 0.142 e. The Kier molecular flexibility index (Phi) is 5.46. The maximum atomic E-state index is 13.5. The fraction of sp³-hybridized carbons (Fsp3) is 0.429. The smallest absolute Gasteiger partial charge is 0.142 e. The number of hydrogen-bond donors (Lipinski definition) is 1. The summed E-state index contributed by atoms with van der Waals surface area (Å²) < 4.78 is 20.4. The molecule has 0 aromatic heterocycles. The molecular formula is C21H24BrFN2O. The van der Waals surface area contributed by atoms with E-state index in [1.807, 2.05) is 24.3 Å². The van der Waals surface area contributed by atoms with Crippen molar-refractivity contribution in [3.63, 3.8) is 0 Å². The molecule has 1 N–H and O–H groups in total. The topological polar surface area (TPSA) is 24.5 Å². The quantitative estimate of drug-likeness (QED) is 0.777. The van der Waals surface area contributed by atoms with Gasteiger partial charge in [0.1, 0.15) is 18.2 Å². The van der Waals surface area contributed by atoms with Crippen molar-refractivity contribution >= 4 is 21.6 Å². The highest BCUT2D eigenvalue weighted by molar-refractivity contribution is 9.10. The lowest BCUT2D eigenvalue weighted by atomic mass is 9.90. The van der Waals surface area contributed by atoms with Gasteiger partial charge in [-0.25, -0.2) is 4.39 Å². The van der Waals surface area contributed by atoms with Crippen LogP contribution in [0.15, 0.2) is 46.9 Å². The van der Waals surface area contributed by atoms with Crippen LogP contribution in [0.3, 0.4) is 0 Å². The molecule has 3 nitrogen and oxygen atoms in total. The first-order valence-corrected chi connectivity index (χ1v) is 10.1. The summed E-state index contributed by atoms with van der Waals surface area (Å²) in [5.41, 5.74) is 2.18. The van der Waals surface area contributed by atoms with Gasteiger partial charge < -0.3 is 15.0 Å². The molecule has 2 aromatic carbocycles. The van der Waals surface area contributed by atoms with Gasteiger partial charge in [-0.3, -0.25) is 0 Å². The van der Waals surface area contributed by atoms with E-state index in [4.69, 9.17) is 4.74 Å². The van der Waals surface area contributed by atoms with E-state index in [0.717, 1.165) is 60.4 Å². The minimum atomic E-state index is -0.149. The number of fused-ring (bicyclic) bond motifs is 1. The molecule has 1 saturated heterocycles. The van der Waals surface area contributed by atoms with E-state index < -0.39 is 0 Å². The van der Waals surface area contributed by atoms with Gasteiger partial charge in [0.05, 0.1) is 11.7 Å². The van der Waals surface area contributed by atoms with E-state index in [2.05, 4.69) is 32.2 Å². The SMILES string of the molecule is Fc1ccc(Br)c(CC2CCN(CC3COc4ccccc4N3)CC2)c1. The van der Waals surface area contributed by atoms with E-state index in [0.29, 0.717) is 18.6 Å². The molecule has 138 valence electrons. The molecule has 4 rings (SSSR count). The number of ether oxygens (including phenoxy) is 1. The average molecular weight is 419 g/mol. The molecule has 2 aliphatic rings. The number of piperidine rings is 1. The van der Waals surface area contributed by atoms with Gasteiger partial charge in [0.25, 0.3) is 0 Å². The number of nitrogens with zero attached hydrogens (tertiary/aromatic N) is 1. The number of halogens is 2. The van der Waals surface area contributed by atoms with Crippen molar-refractivity contribution in [2.45, 2.75) is 25.3 Å². The van der Waals surface area contributed by atoms with Crippen molar-refractivity contribution in [2.24, 2.45) is 5.92 Å². The molecule has 0 spiro atoms. The number of hydrogen-bond acceptors (Lipinski definition) is 3. The van der Waals surface area contributed by atoms with Gasteiger partial charge in [-0.05, 0) is 74.2 Å². The second kappa shape index (κ2) is 7.97. The Bertz CT molecular complexity index is 761. The molecule has 2 aliphatic heterocycles. The monoisotopic (exact) mass is 418 g/mol. The maximum absolute atomic E-state index is 13.5. The van der Waals surface area contributed by atoms with Crippen LogP contribution < -0.4 is 10.1 Å². The Hall–Kier alpha value is -1.59. The zero-order chi connectivity index (χ0) is 17.9. The lowest BCUT2D eigenvalue weighted by molar-refractivity contribution is 0.160. The fourth-order valence-corrected chi connectivity index (χ4v) is 4.37. The largest absolute Gasteiger partial charge is 0.489 e. The highest BCUT2D eigenvalue weighted by Gasteiger charge is 2.25. The van der Waals surface area contributed by atoms with Gasteiger partial charge in [0, 0.05) is 11.0 Å². The molecular weight excluding hydrogens is 395 g/mol. The molecule has 1 fully saturated rings. The zero-order valence-corrected chi connectivity index (χ0v) is 16.3. The van der Waals surface area contributed by atoms with Crippen LogP contribution in [0.25, 0.3) is 0 Å². The van der Waals surface area contributed by atoms with Crippen LogP contribution >= 0.6 is 15.9 Å². The number of benzene rings is 2. The Morgan fingerprint density at radius 2 is 1.96 bits per heavy atom. The minimum absolute atomic E-state index is 0.149. The van der Waals surface area contributed by atoms with Crippen LogP contribution in [0.5, 0.6) is 5.75 Å². The molecule has 26 heavy (non-hydrogen) atoms. The summed E-state index contributed by atoms with van der Waals surface area (Å²) in [5.74, 6) is 1.42. The van der Waals surface area contributed by atoms with Gasteiger partial charge in [0.2, 0.25) is 0 Å². The first kappa shape index (κ1) is 17.8. The number of nitrogens with one attached hydrogen (secondary N) is 1. The normalized spacial score (nSPS) is 20.9. The summed E-state index contributed by atoms with van der Waals surface area (Å²) in [5, 5.41) is 3.59. The Balaban J connectivity index is 1.27. The lowest BCUT2D eigenvalue weighted by Crippen LogP contribution is -2.45. The summed E-state index contributed by atoms with van der Waals surface area (Å²) in [4.78, 5) is 2.52. The third kappa shape index (κ3) is 4.21. The molecule has 0 saturated carbocycles. The van der Waals surface area contributed by atoms with Crippen molar-refractivity contribution in [3.05, 3.63) is 58.3 Å². The van der Waals surface area contributed by atoms with Crippen molar-refractivity contribution in [3.8, 4) is 5.75 Å². The van der Waals surface area contributed by atoms with Crippen LogP contribution in [0.2, 0.25) is 0 Å². The van der Waals surface area contributed by atoms with Crippen molar-refractivity contribution in [1.29, 1.82) is 0 Å². The summed E-state index contributed by atoms with van der Waals surface area (Å²) in [6.45, 7) is 3.91. The Labute approximate surface area is 162 Å². The molecule has 0 bridgehead atoms.